The molecular formula is C24H21N5O3. The summed E-state index contributed by atoms with van der Waals surface area (Å²) in [5, 5.41) is 2.92. The molecule has 8 heteroatoms. The average molecular weight is 427 g/mol. The van der Waals surface area contributed by atoms with Crippen LogP contribution in [0.3, 0.4) is 0 Å². The number of anilines is 2. The molecule has 0 aliphatic carbocycles. The highest BCUT2D eigenvalue weighted by atomic mass is 16.5. The monoisotopic (exact) mass is 427 g/mol. The number of carbonyl (C=O) groups is 2. The van der Waals surface area contributed by atoms with Gasteiger partial charge in [0.25, 0.3) is 0 Å². The van der Waals surface area contributed by atoms with Crippen molar-refractivity contribution in [3.8, 4) is 5.75 Å². The number of methoxy groups -OCH3 is 1. The first-order valence-corrected chi connectivity index (χ1v) is 10.3. The highest BCUT2D eigenvalue weighted by Crippen LogP contribution is 2.35. The van der Waals surface area contributed by atoms with Crippen LogP contribution in [0.5, 0.6) is 5.75 Å². The molecule has 5 rings (SSSR count). The normalized spacial score (nSPS) is 15.5. The fraction of sp³-hybridized carbons (Fsp3) is 0.167. The van der Waals surface area contributed by atoms with Gasteiger partial charge in [-0.05, 0) is 36.4 Å². The second-order valence-corrected chi connectivity index (χ2v) is 7.48. The van der Waals surface area contributed by atoms with Gasteiger partial charge < -0.3 is 10.1 Å². The van der Waals surface area contributed by atoms with Gasteiger partial charge in [0.1, 0.15) is 11.8 Å². The molecule has 1 aliphatic rings. The number of hydrogen-bond donors (Lipinski definition) is 1. The van der Waals surface area contributed by atoms with Crippen molar-refractivity contribution < 1.29 is 14.3 Å². The van der Waals surface area contributed by atoms with E-state index in [-0.39, 0.29) is 24.8 Å². The molecule has 0 saturated carbocycles. The van der Waals surface area contributed by atoms with E-state index in [9.17, 15) is 9.59 Å². The minimum absolute atomic E-state index is 0.0150. The number of rotatable bonds is 5. The van der Waals surface area contributed by atoms with Crippen LogP contribution in [0.25, 0.3) is 11.0 Å². The molecule has 0 unspecified atom stereocenters. The van der Waals surface area contributed by atoms with Crippen LogP contribution in [0.2, 0.25) is 0 Å². The predicted octanol–water partition coefficient (Wildman–Crippen LogP) is 3.56. The van der Waals surface area contributed by atoms with Crippen molar-refractivity contribution in [1.82, 2.24) is 14.5 Å². The Bertz CT molecular complexity index is 1300. The summed E-state index contributed by atoms with van der Waals surface area (Å²) < 4.78 is 7.18. The molecule has 2 aromatic heterocycles. The van der Waals surface area contributed by atoms with Crippen molar-refractivity contribution in [2.75, 3.05) is 17.3 Å². The molecule has 2 amide bonds. The molecule has 4 aromatic rings. The summed E-state index contributed by atoms with van der Waals surface area (Å²) >= 11 is 0. The van der Waals surface area contributed by atoms with E-state index < -0.39 is 6.04 Å². The first-order chi connectivity index (χ1) is 15.7. The summed E-state index contributed by atoms with van der Waals surface area (Å²) in [6.45, 7) is 0.282. The summed E-state index contributed by atoms with van der Waals surface area (Å²) in [5.41, 5.74) is 2.81. The molecule has 0 bridgehead atoms. The summed E-state index contributed by atoms with van der Waals surface area (Å²) in [6, 6.07) is 19.6. The number of imidazole rings is 1. The molecule has 0 saturated heterocycles. The Morgan fingerprint density at radius 1 is 1.09 bits per heavy atom. The van der Waals surface area contributed by atoms with Gasteiger partial charge in [-0.15, -0.1) is 0 Å². The molecule has 160 valence electrons. The summed E-state index contributed by atoms with van der Waals surface area (Å²) in [6.07, 6.45) is 1.71. The number of fused-ring (bicyclic) bond motifs is 3. The maximum Gasteiger partial charge on any atom is 0.248 e. The van der Waals surface area contributed by atoms with Gasteiger partial charge in [0.05, 0.1) is 42.5 Å². The van der Waals surface area contributed by atoms with E-state index in [2.05, 4.69) is 10.3 Å². The fourth-order valence-electron chi connectivity index (χ4n) is 3.99. The molecule has 0 spiro atoms. The third-order valence-electron chi connectivity index (χ3n) is 5.51. The number of carbonyl (C=O) groups excluding carboxylic acids is 2. The fourth-order valence-corrected chi connectivity index (χ4v) is 3.99. The van der Waals surface area contributed by atoms with Gasteiger partial charge in [-0.25, -0.2) is 4.98 Å². The minimum Gasteiger partial charge on any atom is -0.495 e. The van der Waals surface area contributed by atoms with Gasteiger partial charge in [-0.2, -0.15) is 0 Å². The highest BCUT2D eigenvalue weighted by molar-refractivity contribution is 6.04. The van der Waals surface area contributed by atoms with E-state index in [4.69, 9.17) is 9.72 Å². The Hall–Kier alpha value is -4.20. The lowest BCUT2D eigenvalue weighted by Crippen LogP contribution is -2.42. The number of nitrogens with zero attached hydrogens (tertiary/aromatic N) is 4. The number of ether oxygens (including phenoxy) is 1. The predicted molar refractivity (Wildman–Crippen MR) is 120 cm³/mol. The van der Waals surface area contributed by atoms with Gasteiger partial charge in [0.2, 0.25) is 17.8 Å². The molecule has 2 aromatic carbocycles. The van der Waals surface area contributed by atoms with E-state index >= 15 is 0 Å². The maximum atomic E-state index is 13.4. The number of amides is 2. The van der Waals surface area contributed by atoms with Crippen molar-refractivity contribution in [3.63, 3.8) is 0 Å². The second kappa shape index (κ2) is 8.14. The molecule has 1 atom stereocenters. The summed E-state index contributed by atoms with van der Waals surface area (Å²) in [4.78, 5) is 37.1. The van der Waals surface area contributed by atoms with Gasteiger partial charge in [-0.1, -0.05) is 30.3 Å². The molecule has 3 heterocycles. The first kappa shape index (κ1) is 19.7. The largest absolute Gasteiger partial charge is 0.495 e. The lowest BCUT2D eigenvalue weighted by molar-refractivity contribution is -0.126. The summed E-state index contributed by atoms with van der Waals surface area (Å²) in [5.74, 6) is 0.507. The van der Waals surface area contributed by atoms with Gasteiger partial charge in [0.15, 0.2) is 0 Å². The van der Waals surface area contributed by atoms with Crippen LogP contribution >= 0.6 is 0 Å². The van der Waals surface area contributed by atoms with Crippen LogP contribution in [0.1, 0.15) is 18.2 Å². The zero-order chi connectivity index (χ0) is 22.1. The van der Waals surface area contributed by atoms with E-state index in [1.165, 1.54) is 0 Å². The van der Waals surface area contributed by atoms with E-state index in [0.717, 1.165) is 16.7 Å². The molecule has 32 heavy (non-hydrogen) atoms. The third kappa shape index (κ3) is 3.45. The van der Waals surface area contributed by atoms with E-state index in [1.807, 2.05) is 59.2 Å². The number of nitrogens with one attached hydrogen (secondary N) is 1. The third-order valence-corrected chi connectivity index (χ3v) is 5.51. The zero-order valence-corrected chi connectivity index (χ0v) is 17.4. The van der Waals surface area contributed by atoms with Crippen LogP contribution in [0, 0.1) is 0 Å². The van der Waals surface area contributed by atoms with E-state index in [0.29, 0.717) is 17.4 Å². The SMILES string of the molecule is COc1ccccc1NC(=O)[C@H]1CC(=O)N(Cc2ccccn2)c2nc3ccccc3n21. The van der Waals surface area contributed by atoms with E-state index in [1.54, 1.807) is 30.3 Å². The lowest BCUT2D eigenvalue weighted by atomic mass is 10.1. The van der Waals surface area contributed by atoms with Crippen LogP contribution in [0.15, 0.2) is 72.9 Å². The minimum atomic E-state index is -0.741. The number of pyridine rings is 1. The molecule has 8 nitrogen and oxygen atoms in total. The Kier molecular flexibility index (Phi) is 5.03. The molecule has 0 fully saturated rings. The number of hydrogen-bond acceptors (Lipinski definition) is 5. The van der Waals surface area contributed by atoms with Crippen LogP contribution in [-0.4, -0.2) is 33.5 Å². The van der Waals surface area contributed by atoms with Crippen LogP contribution in [-0.2, 0) is 16.1 Å². The quantitative estimate of drug-likeness (QED) is 0.526. The maximum absolute atomic E-state index is 13.4. The van der Waals surface area contributed by atoms with Crippen molar-refractivity contribution in [3.05, 3.63) is 78.6 Å². The van der Waals surface area contributed by atoms with Crippen molar-refractivity contribution in [2.24, 2.45) is 0 Å². The zero-order valence-electron chi connectivity index (χ0n) is 17.4. The Morgan fingerprint density at radius 2 is 1.88 bits per heavy atom. The average Bonchev–Trinajstić information content (AvgIpc) is 3.21. The second-order valence-electron chi connectivity index (χ2n) is 7.48. The molecular weight excluding hydrogens is 406 g/mol. The molecule has 1 N–H and O–H groups in total. The van der Waals surface area contributed by atoms with Gasteiger partial charge >= 0.3 is 0 Å². The van der Waals surface area contributed by atoms with Gasteiger partial charge in [-0.3, -0.25) is 24.0 Å². The first-order valence-electron chi connectivity index (χ1n) is 10.3. The standard InChI is InChI=1S/C24H21N5O3/c1-32-21-12-5-3-10-18(21)26-23(31)20-14-22(30)28(15-16-8-6-7-13-25-16)24-27-17-9-2-4-11-19(17)29(20)24/h2-13,20H,14-15H2,1H3,(H,26,31)/t20-/m1/s1. The van der Waals surface area contributed by atoms with Gasteiger partial charge in [0, 0.05) is 6.20 Å². The molecule has 1 aliphatic heterocycles. The Labute approximate surface area is 184 Å². The lowest BCUT2D eigenvalue weighted by Gasteiger charge is -2.32. The van der Waals surface area contributed by atoms with Crippen molar-refractivity contribution >= 4 is 34.5 Å². The number of benzene rings is 2. The van der Waals surface area contributed by atoms with Crippen LogP contribution in [0.4, 0.5) is 11.6 Å². The van der Waals surface area contributed by atoms with Crippen molar-refractivity contribution in [2.45, 2.75) is 19.0 Å². The smallest absolute Gasteiger partial charge is 0.248 e. The van der Waals surface area contributed by atoms with Crippen LogP contribution < -0.4 is 15.0 Å². The van der Waals surface area contributed by atoms with Crippen molar-refractivity contribution in [1.29, 1.82) is 0 Å². The topological polar surface area (TPSA) is 89.3 Å². The number of aromatic nitrogens is 3. The summed E-state index contributed by atoms with van der Waals surface area (Å²) in [7, 11) is 1.55. The Balaban J connectivity index is 1.55. The Morgan fingerprint density at radius 3 is 2.69 bits per heavy atom. The number of para-hydroxylation sites is 4. The molecule has 0 radical (unpaired) electrons. The highest BCUT2D eigenvalue weighted by Gasteiger charge is 2.38.